The van der Waals surface area contributed by atoms with Crippen molar-refractivity contribution >= 4 is 44.9 Å². The number of amides is 3. The molecular weight excluding hydrogens is 571 g/mol. The van der Waals surface area contributed by atoms with Crippen LogP contribution in [0.1, 0.15) is 15.9 Å². The van der Waals surface area contributed by atoms with Crippen LogP contribution >= 0.6 is 11.3 Å². The predicted molar refractivity (Wildman–Crippen MR) is 165 cm³/mol. The molecule has 3 heterocycles. The average Bonchev–Trinajstić information content (AvgIpc) is 3.46. The molecule has 10 nitrogen and oxygen atoms in total. The summed E-state index contributed by atoms with van der Waals surface area (Å²) in [6.07, 6.45) is 3.44. The van der Waals surface area contributed by atoms with Crippen molar-refractivity contribution in [2.75, 3.05) is 37.9 Å². The lowest BCUT2D eigenvalue weighted by molar-refractivity contribution is 0.0963. The Balaban J connectivity index is 1.25. The van der Waals surface area contributed by atoms with Gasteiger partial charge in [-0.1, -0.05) is 12.1 Å². The highest BCUT2D eigenvalue weighted by atomic mass is 32.1. The summed E-state index contributed by atoms with van der Waals surface area (Å²) in [6, 6.07) is 17.6. The number of ether oxygens (including phenoxy) is 2. The highest BCUT2D eigenvalue weighted by Crippen LogP contribution is 2.39. The SMILES string of the molecule is CNC(=O)c1cccc(NC(=O)Nc2ccc(Oc3ccnc4cc(-c5ccc(CNCCOC)cn5)sc34)c(F)c2)c1. The number of hydrogen-bond acceptors (Lipinski definition) is 8. The Hall–Kier alpha value is -4.91. The van der Waals surface area contributed by atoms with Crippen molar-refractivity contribution < 1.29 is 23.5 Å². The zero-order valence-corrected chi connectivity index (χ0v) is 24.3. The van der Waals surface area contributed by atoms with Gasteiger partial charge in [-0.15, -0.1) is 11.3 Å². The molecule has 0 aliphatic rings. The van der Waals surface area contributed by atoms with Crippen LogP contribution in [0.4, 0.5) is 20.6 Å². The number of carbonyl (C=O) groups excluding carboxylic acids is 2. The van der Waals surface area contributed by atoms with Crippen LogP contribution in [0.15, 0.2) is 79.1 Å². The van der Waals surface area contributed by atoms with Gasteiger partial charge in [0.2, 0.25) is 0 Å². The van der Waals surface area contributed by atoms with E-state index in [4.69, 9.17) is 9.47 Å². The Kier molecular flexibility index (Phi) is 9.52. The van der Waals surface area contributed by atoms with Crippen LogP contribution in [0.2, 0.25) is 0 Å². The van der Waals surface area contributed by atoms with E-state index in [9.17, 15) is 9.59 Å². The highest BCUT2D eigenvalue weighted by molar-refractivity contribution is 7.22. The zero-order valence-electron chi connectivity index (χ0n) is 23.4. The quantitative estimate of drug-likeness (QED) is 0.136. The number of hydrogen-bond donors (Lipinski definition) is 4. The number of thiophene rings is 1. The van der Waals surface area contributed by atoms with Crippen LogP contribution < -0.4 is 26.0 Å². The largest absolute Gasteiger partial charge is 0.453 e. The Bertz CT molecular complexity index is 1740. The first kappa shape index (κ1) is 29.6. The summed E-state index contributed by atoms with van der Waals surface area (Å²) in [6.45, 7) is 2.10. The molecule has 5 rings (SSSR count). The van der Waals surface area contributed by atoms with Crippen LogP contribution in [0.5, 0.6) is 11.5 Å². The van der Waals surface area contributed by atoms with Gasteiger partial charge in [-0.3, -0.25) is 14.8 Å². The summed E-state index contributed by atoms with van der Waals surface area (Å²) in [7, 11) is 3.19. The minimum absolute atomic E-state index is 0.00450. The second-order valence-corrected chi connectivity index (χ2v) is 10.4. The van der Waals surface area contributed by atoms with Crippen molar-refractivity contribution in [3.05, 3.63) is 96.1 Å². The number of carbonyl (C=O) groups is 2. The second kappa shape index (κ2) is 13.8. The van der Waals surface area contributed by atoms with Crippen molar-refractivity contribution in [3.8, 4) is 22.1 Å². The number of pyridine rings is 2. The molecule has 2 aromatic carbocycles. The first-order chi connectivity index (χ1) is 20.9. The van der Waals surface area contributed by atoms with Crippen LogP contribution in [0.3, 0.4) is 0 Å². The van der Waals surface area contributed by atoms with Gasteiger partial charge in [-0.2, -0.15) is 0 Å². The molecule has 0 saturated heterocycles. The lowest BCUT2D eigenvalue weighted by Gasteiger charge is -2.11. The standard InChI is InChI=1S/C31H29FN6O4S/c1-33-30(39)20-4-3-5-21(14-20)37-31(40)38-22-7-9-26(23(32)15-22)42-27-10-11-35-25-16-28(43-29(25)27)24-8-6-19(18-36-24)17-34-12-13-41-2/h3-11,14-16,18,34H,12-13,17H2,1-2H3,(H,33,39)(H2,37,38,40). The molecule has 0 aliphatic heterocycles. The fraction of sp³-hybridized carbons (Fsp3) is 0.161. The fourth-order valence-electron chi connectivity index (χ4n) is 4.16. The number of nitrogens with zero attached hydrogens (tertiary/aromatic N) is 2. The van der Waals surface area contributed by atoms with E-state index in [0.717, 1.165) is 27.4 Å². The van der Waals surface area contributed by atoms with Crippen molar-refractivity contribution in [2.45, 2.75) is 6.54 Å². The molecule has 0 saturated carbocycles. The third kappa shape index (κ3) is 7.49. The number of fused-ring (bicyclic) bond motifs is 1. The van der Waals surface area contributed by atoms with Crippen molar-refractivity contribution in [2.24, 2.45) is 0 Å². The topological polar surface area (TPSA) is 127 Å². The van der Waals surface area contributed by atoms with E-state index in [-0.39, 0.29) is 17.3 Å². The Morgan fingerprint density at radius 2 is 1.79 bits per heavy atom. The lowest BCUT2D eigenvalue weighted by atomic mass is 10.2. The van der Waals surface area contributed by atoms with Crippen molar-refractivity contribution in [1.29, 1.82) is 0 Å². The number of anilines is 2. The maximum atomic E-state index is 15.1. The molecule has 0 spiro atoms. The van der Waals surface area contributed by atoms with Crippen LogP contribution in [0, 0.1) is 5.82 Å². The molecule has 0 unspecified atom stereocenters. The van der Waals surface area contributed by atoms with Gasteiger partial charge < -0.3 is 30.7 Å². The molecule has 5 aromatic rings. The first-order valence-electron chi connectivity index (χ1n) is 13.3. The molecule has 0 bridgehead atoms. The molecular formula is C31H29FN6O4S. The van der Waals surface area contributed by atoms with Crippen molar-refractivity contribution in [3.63, 3.8) is 0 Å². The summed E-state index contributed by atoms with van der Waals surface area (Å²) in [5, 5.41) is 11.0. The molecule has 0 fully saturated rings. The number of urea groups is 1. The highest BCUT2D eigenvalue weighted by Gasteiger charge is 2.15. The Morgan fingerprint density at radius 3 is 2.53 bits per heavy atom. The monoisotopic (exact) mass is 600 g/mol. The second-order valence-electron chi connectivity index (χ2n) is 9.34. The number of aromatic nitrogens is 2. The number of methoxy groups -OCH3 is 1. The molecule has 43 heavy (non-hydrogen) atoms. The Labute approximate surface area is 251 Å². The average molecular weight is 601 g/mol. The normalized spacial score (nSPS) is 10.9. The minimum atomic E-state index is -0.655. The third-order valence-corrected chi connectivity index (χ3v) is 7.45. The number of rotatable bonds is 11. The van der Waals surface area contributed by atoms with Gasteiger partial charge in [0.15, 0.2) is 11.6 Å². The summed E-state index contributed by atoms with van der Waals surface area (Å²) >= 11 is 1.45. The van der Waals surface area contributed by atoms with Gasteiger partial charge in [-0.25, -0.2) is 9.18 Å². The molecule has 0 atom stereocenters. The maximum absolute atomic E-state index is 15.1. The Morgan fingerprint density at radius 1 is 0.953 bits per heavy atom. The van der Waals surface area contributed by atoms with Gasteiger partial charge in [0.1, 0.15) is 5.75 Å². The van der Waals surface area contributed by atoms with Gasteiger partial charge >= 0.3 is 6.03 Å². The van der Waals surface area contributed by atoms with Crippen molar-refractivity contribution in [1.82, 2.24) is 20.6 Å². The predicted octanol–water partition coefficient (Wildman–Crippen LogP) is 6.03. The van der Waals surface area contributed by atoms with E-state index in [0.29, 0.717) is 35.7 Å². The molecule has 0 radical (unpaired) electrons. The summed E-state index contributed by atoms with van der Waals surface area (Å²) in [5.41, 5.74) is 3.61. The van der Waals surface area contributed by atoms with E-state index in [2.05, 4.69) is 31.2 Å². The molecule has 12 heteroatoms. The summed E-state index contributed by atoms with van der Waals surface area (Å²) in [4.78, 5) is 34.3. The van der Waals surface area contributed by atoms with Crippen LogP contribution in [-0.4, -0.2) is 49.2 Å². The molecule has 4 N–H and O–H groups in total. The molecule has 3 amide bonds. The number of benzene rings is 2. The van der Waals surface area contributed by atoms with E-state index in [1.165, 1.54) is 42.6 Å². The summed E-state index contributed by atoms with van der Waals surface area (Å²) < 4.78 is 26.8. The lowest BCUT2D eigenvalue weighted by Crippen LogP contribution is -2.21. The fourth-order valence-corrected chi connectivity index (χ4v) is 5.20. The number of halogens is 1. The van der Waals surface area contributed by atoms with Gasteiger partial charge in [-0.05, 0) is 48.0 Å². The van der Waals surface area contributed by atoms with E-state index < -0.39 is 11.8 Å². The first-order valence-corrected chi connectivity index (χ1v) is 14.2. The minimum Gasteiger partial charge on any atom is -0.453 e. The van der Waals surface area contributed by atoms with E-state index in [1.54, 1.807) is 37.6 Å². The van der Waals surface area contributed by atoms with E-state index in [1.807, 2.05) is 24.4 Å². The smallest absolute Gasteiger partial charge is 0.323 e. The maximum Gasteiger partial charge on any atom is 0.323 e. The van der Waals surface area contributed by atoms with Crippen LogP contribution in [-0.2, 0) is 11.3 Å². The molecule has 220 valence electrons. The van der Waals surface area contributed by atoms with Gasteiger partial charge in [0, 0.05) is 68.7 Å². The molecule has 0 aliphatic carbocycles. The number of nitrogens with one attached hydrogen (secondary N) is 4. The van der Waals surface area contributed by atoms with Gasteiger partial charge in [0.25, 0.3) is 5.91 Å². The third-order valence-electron chi connectivity index (χ3n) is 6.28. The van der Waals surface area contributed by atoms with E-state index >= 15 is 4.39 Å². The zero-order chi connectivity index (χ0) is 30.2. The summed E-state index contributed by atoms with van der Waals surface area (Å²) in [5.74, 6) is -0.485. The van der Waals surface area contributed by atoms with Crippen LogP contribution in [0.25, 0.3) is 20.8 Å². The van der Waals surface area contributed by atoms with Gasteiger partial charge in [0.05, 0.1) is 27.4 Å². The molecule has 3 aromatic heterocycles.